The maximum Gasteiger partial charge on any atom is 0.412 e. The number of aliphatic hydroxyl groups is 3. The summed E-state index contributed by atoms with van der Waals surface area (Å²) in [6.45, 7) is 14.8. The normalized spacial score (nSPS) is 12.3. The highest BCUT2D eigenvalue weighted by molar-refractivity contribution is 5.91. The summed E-state index contributed by atoms with van der Waals surface area (Å²) in [7, 11) is 0. The van der Waals surface area contributed by atoms with E-state index in [9.17, 15) is 72.9 Å². The predicted octanol–water partition coefficient (Wildman–Crippen LogP) is 10.4. The number of nitrogens with zero attached hydrogens (tertiary/aromatic N) is 3. The first-order valence-electron chi connectivity index (χ1n) is 38.0. The number of hydrogen-bond donors (Lipinski definition) is 6. The summed E-state index contributed by atoms with van der Waals surface area (Å²) >= 11 is 0. The van der Waals surface area contributed by atoms with Gasteiger partial charge in [0.05, 0.1) is 32.9 Å². The standard InChI is InChI=1S/C79H116N6O24/c1-10-12-14-22-42-78(6,7)69(93)105-54-60(87)51-102-66(90)57-32-38-63(39-33-57)108-72(96)81-45-25-17-20-28-48-84-74(98)83(47-27-19-16-24-44-80-71(95)107-62-36-30-56(31-37-62)65(89)101-50-59(86)53-104-68(92)77(3,4)5)75(99)85(76(84)100)49-29-21-18-26-46-82-73(97)109-64-40-34-58(35-41-64)67(91)103-52-61(88)55-106-70(94)79(8,9)43-23-15-13-11-2/h30-41,59-61,86-88H,10-29,42-55H2,1-9H3,(H,80,95)(H,81,96)(H,82,97). The fourth-order valence-electron chi connectivity index (χ4n) is 10.7. The second-order valence-corrected chi connectivity index (χ2v) is 29.3. The predicted molar refractivity (Wildman–Crippen MR) is 402 cm³/mol. The molecule has 30 heteroatoms. The van der Waals surface area contributed by atoms with Crippen molar-refractivity contribution >= 4 is 54.1 Å². The molecule has 30 nitrogen and oxygen atoms in total. The number of nitrogens with one attached hydrogen (secondary N) is 3. The van der Waals surface area contributed by atoms with Crippen LogP contribution in [-0.2, 0) is 62.4 Å². The number of unbranched alkanes of at least 4 members (excludes halogenated alkanes) is 15. The van der Waals surface area contributed by atoms with E-state index >= 15 is 0 Å². The molecule has 606 valence electrons. The number of aromatic nitrogens is 3. The van der Waals surface area contributed by atoms with E-state index < -0.39 is 126 Å². The Morgan fingerprint density at radius 2 is 0.587 bits per heavy atom. The average molecular weight is 1530 g/mol. The average Bonchev–Trinajstić information content (AvgIpc) is 0.785. The second-order valence-electron chi connectivity index (χ2n) is 29.3. The van der Waals surface area contributed by atoms with E-state index in [0.717, 1.165) is 65.1 Å². The third-order valence-electron chi connectivity index (χ3n) is 17.5. The molecule has 1 heterocycles. The van der Waals surface area contributed by atoms with Gasteiger partial charge in [-0.2, -0.15) is 0 Å². The Bertz CT molecular complexity index is 3500. The molecule has 0 radical (unpaired) electrons. The molecule has 0 spiro atoms. The highest BCUT2D eigenvalue weighted by Gasteiger charge is 2.32. The highest BCUT2D eigenvalue weighted by atomic mass is 16.6. The minimum Gasteiger partial charge on any atom is -0.462 e. The van der Waals surface area contributed by atoms with Crippen LogP contribution in [0.25, 0.3) is 0 Å². The van der Waals surface area contributed by atoms with Crippen LogP contribution in [-0.4, -0.2) is 161 Å². The van der Waals surface area contributed by atoms with Gasteiger partial charge < -0.3 is 73.9 Å². The van der Waals surface area contributed by atoms with E-state index in [2.05, 4.69) is 29.8 Å². The molecule has 4 aromatic rings. The van der Waals surface area contributed by atoms with E-state index in [1.165, 1.54) is 72.8 Å². The third-order valence-corrected chi connectivity index (χ3v) is 17.5. The lowest BCUT2D eigenvalue weighted by atomic mass is 9.87. The quantitative estimate of drug-likeness (QED) is 0.0136. The minimum absolute atomic E-state index is 0.0101. The Morgan fingerprint density at radius 1 is 0.339 bits per heavy atom. The largest absolute Gasteiger partial charge is 0.462 e. The van der Waals surface area contributed by atoms with Gasteiger partial charge in [0.15, 0.2) is 0 Å². The minimum atomic E-state index is -1.24. The van der Waals surface area contributed by atoms with Gasteiger partial charge in [0.1, 0.15) is 75.2 Å². The van der Waals surface area contributed by atoms with Gasteiger partial charge in [0, 0.05) is 39.3 Å². The van der Waals surface area contributed by atoms with Crippen molar-refractivity contribution in [3.63, 3.8) is 0 Å². The zero-order valence-electron chi connectivity index (χ0n) is 65.0. The molecule has 109 heavy (non-hydrogen) atoms. The maximum atomic E-state index is 13.9. The number of ether oxygens (including phenoxy) is 9. The van der Waals surface area contributed by atoms with Gasteiger partial charge in [-0.3, -0.25) is 14.4 Å². The Hall–Kier alpha value is -9.42. The number of aliphatic hydroxyl groups excluding tert-OH is 3. The van der Waals surface area contributed by atoms with Crippen LogP contribution >= 0.6 is 0 Å². The van der Waals surface area contributed by atoms with Crippen molar-refractivity contribution in [1.29, 1.82) is 0 Å². The summed E-state index contributed by atoms with van der Waals surface area (Å²) in [6.07, 6.45) is 9.60. The Morgan fingerprint density at radius 3 is 0.853 bits per heavy atom. The van der Waals surface area contributed by atoms with E-state index in [1.807, 2.05) is 0 Å². The Labute approximate surface area is 637 Å². The summed E-state index contributed by atoms with van der Waals surface area (Å²) in [6, 6.07) is 16.7. The molecule has 0 fully saturated rings. The molecule has 0 aliphatic heterocycles. The van der Waals surface area contributed by atoms with Gasteiger partial charge in [0.2, 0.25) is 0 Å². The maximum absolute atomic E-state index is 13.9. The molecule has 1 aromatic heterocycles. The van der Waals surface area contributed by atoms with Crippen LogP contribution in [0.5, 0.6) is 17.2 Å². The molecular formula is C79H116N6O24. The summed E-state index contributed by atoms with van der Waals surface area (Å²) in [5, 5.41) is 38.7. The number of carbonyl (C=O) groups excluding carboxylic acids is 9. The summed E-state index contributed by atoms with van der Waals surface area (Å²) in [5.74, 6) is -3.22. The van der Waals surface area contributed by atoms with Gasteiger partial charge in [0.25, 0.3) is 0 Å². The van der Waals surface area contributed by atoms with Gasteiger partial charge in [-0.25, -0.2) is 56.9 Å². The van der Waals surface area contributed by atoms with Gasteiger partial charge in [-0.1, -0.05) is 104 Å². The monoisotopic (exact) mass is 1530 g/mol. The van der Waals surface area contributed by atoms with Crippen molar-refractivity contribution in [2.24, 2.45) is 16.2 Å². The Kier molecular flexibility index (Phi) is 41.2. The van der Waals surface area contributed by atoms with Crippen molar-refractivity contribution in [1.82, 2.24) is 29.7 Å². The molecular weight excluding hydrogens is 1420 g/mol. The van der Waals surface area contributed by atoms with Crippen molar-refractivity contribution in [3.8, 4) is 17.2 Å². The zero-order chi connectivity index (χ0) is 80.4. The SMILES string of the molecule is CCCCCCC(C)(C)C(=O)OCC(O)COC(=O)c1ccc(OC(=O)NCCCCCCn2c(=O)n(CCCCCCNC(=O)Oc3ccc(C(=O)OCC(O)COC(=O)C(C)(C)C)cc3)c(=O)n(CCCCCCNC(=O)Oc3ccc(C(=O)OCC(O)COC(=O)C(C)(C)CCCCCC)cc3)c2=O)cc1. The van der Waals surface area contributed by atoms with Gasteiger partial charge in [-0.15, -0.1) is 0 Å². The van der Waals surface area contributed by atoms with Crippen LogP contribution in [0.1, 0.15) is 235 Å². The van der Waals surface area contributed by atoms with E-state index in [-0.39, 0.29) is 93.0 Å². The van der Waals surface area contributed by atoms with Gasteiger partial charge in [-0.05, 0) is 173 Å². The lowest BCUT2D eigenvalue weighted by Gasteiger charge is -2.23. The fraction of sp³-hybridized carbons (Fsp3) is 0.620. The zero-order valence-corrected chi connectivity index (χ0v) is 65.0. The van der Waals surface area contributed by atoms with Crippen LogP contribution in [0, 0.1) is 16.2 Å². The van der Waals surface area contributed by atoms with Crippen LogP contribution in [0.3, 0.4) is 0 Å². The van der Waals surface area contributed by atoms with Crippen molar-refractivity contribution in [3.05, 3.63) is 121 Å². The van der Waals surface area contributed by atoms with Crippen LogP contribution in [0.4, 0.5) is 14.4 Å². The molecule has 3 atom stereocenters. The molecule has 0 aliphatic carbocycles. The third kappa shape index (κ3) is 35.7. The summed E-state index contributed by atoms with van der Waals surface area (Å²) in [5.41, 5.74) is -4.07. The topological polar surface area (TPSA) is 399 Å². The fourth-order valence-corrected chi connectivity index (χ4v) is 10.7. The number of esters is 6. The lowest BCUT2D eigenvalue weighted by molar-refractivity contribution is -0.158. The van der Waals surface area contributed by atoms with Crippen molar-refractivity contribution in [2.45, 2.75) is 242 Å². The summed E-state index contributed by atoms with van der Waals surface area (Å²) < 4.78 is 50.4. The number of benzene rings is 3. The van der Waals surface area contributed by atoms with Gasteiger partial charge >= 0.3 is 71.2 Å². The molecule has 3 aromatic carbocycles. The van der Waals surface area contributed by atoms with Crippen LogP contribution in [0.15, 0.2) is 87.2 Å². The van der Waals surface area contributed by atoms with Crippen LogP contribution in [0.2, 0.25) is 0 Å². The first-order chi connectivity index (χ1) is 51.8. The molecule has 4 rings (SSSR count). The molecule has 0 bridgehead atoms. The molecule has 0 saturated carbocycles. The van der Waals surface area contributed by atoms with Crippen LogP contribution < -0.4 is 47.2 Å². The van der Waals surface area contributed by atoms with E-state index in [4.69, 9.17) is 42.6 Å². The van der Waals surface area contributed by atoms with E-state index in [1.54, 1.807) is 48.5 Å². The number of carbonyl (C=O) groups is 9. The molecule has 0 saturated heterocycles. The smallest absolute Gasteiger partial charge is 0.412 e. The first kappa shape index (κ1) is 92.0. The number of rotatable bonds is 51. The van der Waals surface area contributed by atoms with Crippen molar-refractivity contribution in [2.75, 3.05) is 59.3 Å². The molecule has 3 unspecified atom stereocenters. The molecule has 6 N–H and O–H groups in total. The first-order valence-corrected chi connectivity index (χ1v) is 38.0. The Balaban J connectivity index is 1.23. The molecule has 0 aliphatic rings. The lowest BCUT2D eigenvalue weighted by Crippen LogP contribution is -2.54. The summed E-state index contributed by atoms with van der Waals surface area (Å²) in [4.78, 5) is 155. The number of hydrogen-bond acceptors (Lipinski definition) is 24. The van der Waals surface area contributed by atoms with Crippen molar-refractivity contribution < 1.29 is 101 Å². The van der Waals surface area contributed by atoms with E-state index in [0.29, 0.717) is 89.9 Å². The number of amides is 3. The highest BCUT2D eigenvalue weighted by Crippen LogP contribution is 2.28. The molecule has 3 amide bonds. The second kappa shape index (κ2) is 48.9.